The van der Waals surface area contributed by atoms with Gasteiger partial charge in [0.05, 0.1) is 16.0 Å². The molecular weight excluding hydrogens is 472 g/mol. The summed E-state index contributed by atoms with van der Waals surface area (Å²) < 4.78 is 4.16. The van der Waals surface area contributed by atoms with E-state index in [4.69, 9.17) is 0 Å². The van der Waals surface area contributed by atoms with Crippen LogP contribution in [-0.2, 0) is 4.79 Å². The van der Waals surface area contributed by atoms with E-state index in [0.717, 1.165) is 44.1 Å². The predicted molar refractivity (Wildman–Crippen MR) is 118 cm³/mol. The van der Waals surface area contributed by atoms with Crippen molar-refractivity contribution in [1.82, 2.24) is 24.7 Å². The number of benzene rings is 1. The van der Waals surface area contributed by atoms with Crippen molar-refractivity contribution in [3.8, 4) is 11.4 Å². The lowest BCUT2D eigenvalue weighted by atomic mass is 10.2. The van der Waals surface area contributed by atoms with Crippen molar-refractivity contribution in [2.75, 3.05) is 11.1 Å². The van der Waals surface area contributed by atoms with Crippen LogP contribution in [0.25, 0.3) is 21.6 Å². The van der Waals surface area contributed by atoms with Crippen molar-refractivity contribution >= 4 is 60.3 Å². The van der Waals surface area contributed by atoms with Gasteiger partial charge in [0.2, 0.25) is 5.91 Å². The van der Waals surface area contributed by atoms with Crippen molar-refractivity contribution in [1.29, 1.82) is 0 Å². The molecule has 0 spiro atoms. The standard InChI is InChI=1S/C19H15BrN6OS2/c20-12-1-4-14-15(9-12)29-18(22-14)23-16(27)10-28-19-25-24-17(26(19)13-2-3-13)11-5-7-21-8-6-11/h1,4-9,13H,2-3,10H2,(H,22,23,27). The lowest BCUT2D eigenvalue weighted by Crippen LogP contribution is -2.14. The highest BCUT2D eigenvalue weighted by Crippen LogP contribution is 2.41. The van der Waals surface area contributed by atoms with Crippen LogP contribution < -0.4 is 5.32 Å². The van der Waals surface area contributed by atoms with Crippen LogP contribution in [0.3, 0.4) is 0 Å². The highest BCUT2D eigenvalue weighted by molar-refractivity contribution is 9.10. The van der Waals surface area contributed by atoms with Crippen LogP contribution >= 0.6 is 39.0 Å². The van der Waals surface area contributed by atoms with Crippen LogP contribution in [-0.4, -0.2) is 36.4 Å². The van der Waals surface area contributed by atoms with Crippen LogP contribution in [0.5, 0.6) is 0 Å². The molecule has 3 heterocycles. The third-order valence-corrected chi connectivity index (χ3v) is 6.81. The van der Waals surface area contributed by atoms with Crippen LogP contribution in [0, 0.1) is 0 Å². The first-order chi connectivity index (χ1) is 14.2. The molecule has 1 saturated carbocycles. The first kappa shape index (κ1) is 18.7. The molecule has 5 rings (SSSR count). The zero-order valence-corrected chi connectivity index (χ0v) is 18.3. The molecule has 4 aromatic rings. The first-order valence-electron chi connectivity index (χ1n) is 9.01. The maximum absolute atomic E-state index is 12.5. The van der Waals surface area contributed by atoms with Crippen molar-refractivity contribution < 1.29 is 4.79 Å². The minimum absolute atomic E-state index is 0.107. The van der Waals surface area contributed by atoms with Gasteiger partial charge in [-0.05, 0) is 43.2 Å². The summed E-state index contributed by atoms with van der Waals surface area (Å²) in [6.07, 6.45) is 5.71. The lowest BCUT2D eigenvalue weighted by molar-refractivity contribution is -0.113. The fourth-order valence-corrected chi connectivity index (χ4v) is 5.21. The second kappa shape index (κ2) is 7.85. The van der Waals surface area contributed by atoms with E-state index in [1.807, 2.05) is 30.3 Å². The summed E-state index contributed by atoms with van der Waals surface area (Å²) in [5.41, 5.74) is 1.85. The Balaban J connectivity index is 1.29. The van der Waals surface area contributed by atoms with Crippen LogP contribution in [0.2, 0.25) is 0 Å². The summed E-state index contributed by atoms with van der Waals surface area (Å²) in [6, 6.07) is 10.1. The Kier molecular flexibility index (Phi) is 5.06. The number of thioether (sulfide) groups is 1. The molecule has 1 N–H and O–H groups in total. The van der Waals surface area contributed by atoms with Crippen molar-refractivity contribution in [3.05, 3.63) is 47.2 Å². The molecule has 0 aliphatic heterocycles. The number of thiazole rings is 1. The van der Waals surface area contributed by atoms with Crippen molar-refractivity contribution in [2.45, 2.75) is 24.0 Å². The van der Waals surface area contributed by atoms with Gasteiger partial charge in [0.25, 0.3) is 0 Å². The van der Waals surface area contributed by atoms with Crippen LogP contribution in [0.4, 0.5) is 5.13 Å². The molecule has 3 aromatic heterocycles. The molecule has 1 aliphatic rings. The average molecular weight is 487 g/mol. The molecule has 1 amide bonds. The van der Waals surface area contributed by atoms with E-state index in [9.17, 15) is 4.79 Å². The Hall–Kier alpha value is -2.30. The molecule has 0 saturated heterocycles. The molecule has 146 valence electrons. The number of amides is 1. The Bertz CT molecular complexity index is 1190. The van der Waals surface area contributed by atoms with Gasteiger partial charge < -0.3 is 5.32 Å². The molecule has 10 heteroatoms. The van der Waals surface area contributed by atoms with Crippen molar-refractivity contribution in [2.24, 2.45) is 0 Å². The molecule has 1 aliphatic carbocycles. The highest BCUT2D eigenvalue weighted by Gasteiger charge is 2.30. The topological polar surface area (TPSA) is 85.6 Å². The number of nitrogens with one attached hydrogen (secondary N) is 1. The van der Waals surface area contributed by atoms with E-state index in [-0.39, 0.29) is 11.7 Å². The normalized spacial score (nSPS) is 13.7. The quantitative estimate of drug-likeness (QED) is 0.394. The van der Waals surface area contributed by atoms with Gasteiger partial charge in [-0.25, -0.2) is 4.98 Å². The Morgan fingerprint density at radius 2 is 2.07 bits per heavy atom. The van der Waals surface area contributed by atoms with E-state index < -0.39 is 0 Å². The van der Waals surface area contributed by atoms with Gasteiger partial charge in [-0.15, -0.1) is 10.2 Å². The fraction of sp³-hybridized carbons (Fsp3) is 0.211. The summed E-state index contributed by atoms with van der Waals surface area (Å²) >= 11 is 6.31. The van der Waals surface area contributed by atoms with Crippen LogP contribution in [0.15, 0.2) is 52.4 Å². The predicted octanol–water partition coefficient (Wildman–Crippen LogP) is 4.78. The maximum Gasteiger partial charge on any atom is 0.236 e. The third kappa shape index (κ3) is 4.05. The maximum atomic E-state index is 12.5. The molecule has 1 aromatic carbocycles. The SMILES string of the molecule is O=C(CSc1nnc(-c2ccncc2)n1C1CC1)Nc1nc2ccc(Br)cc2s1. The molecule has 0 bridgehead atoms. The molecule has 1 fully saturated rings. The summed E-state index contributed by atoms with van der Waals surface area (Å²) in [5.74, 6) is 0.972. The smallest absolute Gasteiger partial charge is 0.236 e. The highest BCUT2D eigenvalue weighted by atomic mass is 79.9. The summed E-state index contributed by atoms with van der Waals surface area (Å²) in [4.78, 5) is 21.0. The zero-order chi connectivity index (χ0) is 19.8. The molecule has 0 radical (unpaired) electrons. The summed E-state index contributed by atoms with van der Waals surface area (Å²) in [7, 11) is 0. The third-order valence-electron chi connectivity index (χ3n) is 4.44. The number of carbonyl (C=O) groups excluding carboxylic acids is 1. The van der Waals surface area contributed by atoms with Gasteiger partial charge in [0.15, 0.2) is 16.1 Å². The van der Waals surface area contributed by atoms with E-state index in [2.05, 4.69) is 46.0 Å². The number of carbonyl (C=O) groups is 1. The largest absolute Gasteiger partial charge is 0.301 e. The average Bonchev–Trinajstić information content (AvgIpc) is 3.35. The minimum Gasteiger partial charge on any atom is -0.301 e. The lowest BCUT2D eigenvalue weighted by Gasteiger charge is -2.08. The van der Waals surface area contributed by atoms with Gasteiger partial charge >= 0.3 is 0 Å². The molecular formula is C19H15BrN6OS2. The van der Waals surface area contributed by atoms with Gasteiger partial charge in [-0.3, -0.25) is 14.3 Å². The van der Waals surface area contributed by atoms with Gasteiger partial charge in [0, 0.05) is 28.5 Å². The molecule has 0 atom stereocenters. The number of hydrogen-bond donors (Lipinski definition) is 1. The second-order valence-corrected chi connectivity index (χ2v) is 9.50. The summed E-state index contributed by atoms with van der Waals surface area (Å²) in [5, 5.41) is 13.0. The molecule has 7 nitrogen and oxygen atoms in total. The zero-order valence-electron chi connectivity index (χ0n) is 15.1. The van der Waals surface area contributed by atoms with Crippen molar-refractivity contribution in [3.63, 3.8) is 0 Å². The fourth-order valence-electron chi connectivity index (χ4n) is 2.97. The Morgan fingerprint density at radius 1 is 1.24 bits per heavy atom. The number of pyridine rings is 1. The molecule has 0 unspecified atom stereocenters. The van der Waals surface area contributed by atoms with E-state index in [1.165, 1.54) is 23.1 Å². The van der Waals surface area contributed by atoms with E-state index in [1.54, 1.807) is 12.4 Å². The number of fused-ring (bicyclic) bond motifs is 1. The van der Waals surface area contributed by atoms with Gasteiger partial charge in [-0.1, -0.05) is 39.0 Å². The van der Waals surface area contributed by atoms with Gasteiger partial charge in [0.1, 0.15) is 0 Å². The second-order valence-electron chi connectivity index (χ2n) is 6.61. The summed E-state index contributed by atoms with van der Waals surface area (Å²) in [6.45, 7) is 0. The van der Waals surface area contributed by atoms with E-state index >= 15 is 0 Å². The Labute approximate surface area is 183 Å². The van der Waals surface area contributed by atoms with Crippen LogP contribution in [0.1, 0.15) is 18.9 Å². The number of halogens is 1. The minimum atomic E-state index is -0.107. The number of aromatic nitrogens is 5. The monoisotopic (exact) mass is 486 g/mol. The van der Waals surface area contributed by atoms with Gasteiger partial charge in [-0.2, -0.15) is 0 Å². The Morgan fingerprint density at radius 3 is 2.86 bits per heavy atom. The molecule has 29 heavy (non-hydrogen) atoms. The number of rotatable bonds is 6. The number of hydrogen-bond acceptors (Lipinski definition) is 7. The number of anilines is 1. The number of nitrogens with zero attached hydrogens (tertiary/aromatic N) is 5. The van der Waals surface area contributed by atoms with E-state index in [0.29, 0.717) is 11.2 Å². The first-order valence-corrected chi connectivity index (χ1v) is 11.6.